The van der Waals surface area contributed by atoms with Crippen molar-refractivity contribution >= 4 is 17.5 Å². The highest BCUT2D eigenvalue weighted by atomic mass is 35.5. The summed E-state index contributed by atoms with van der Waals surface area (Å²) >= 11 is 6.17. The number of hydrogen-bond acceptors (Lipinski definition) is 3. The minimum absolute atomic E-state index is 0.0160. The Morgan fingerprint density at radius 1 is 1.53 bits per heavy atom. The Morgan fingerprint density at radius 3 is 3.16 bits per heavy atom. The zero-order valence-electron chi connectivity index (χ0n) is 10.9. The first kappa shape index (κ1) is 12.9. The van der Waals surface area contributed by atoms with E-state index in [2.05, 4.69) is 4.98 Å². The van der Waals surface area contributed by atoms with Crippen LogP contribution in [0.1, 0.15) is 35.3 Å². The Kier molecular flexibility index (Phi) is 3.46. The summed E-state index contributed by atoms with van der Waals surface area (Å²) in [5, 5.41) is 0.485. The lowest BCUT2D eigenvalue weighted by Gasteiger charge is -2.37. The van der Waals surface area contributed by atoms with Gasteiger partial charge in [0.05, 0.1) is 29.3 Å². The van der Waals surface area contributed by atoms with Crippen LogP contribution in [-0.2, 0) is 4.74 Å². The van der Waals surface area contributed by atoms with Gasteiger partial charge in [0.2, 0.25) is 0 Å². The third-order valence-corrected chi connectivity index (χ3v) is 4.28. The van der Waals surface area contributed by atoms with Crippen LogP contribution < -0.4 is 0 Å². The summed E-state index contributed by atoms with van der Waals surface area (Å²) in [4.78, 5) is 18.7. The Morgan fingerprint density at radius 2 is 2.37 bits per heavy atom. The van der Waals surface area contributed by atoms with Gasteiger partial charge in [0.15, 0.2) is 0 Å². The van der Waals surface area contributed by atoms with Gasteiger partial charge in [-0.2, -0.15) is 0 Å². The van der Waals surface area contributed by atoms with Gasteiger partial charge in [0.25, 0.3) is 5.91 Å². The van der Waals surface area contributed by atoms with Crippen LogP contribution in [0.25, 0.3) is 0 Å². The number of carbonyl (C=O) groups is 1. The van der Waals surface area contributed by atoms with Gasteiger partial charge in [-0.15, -0.1) is 0 Å². The molecular weight excluding hydrogens is 264 g/mol. The molecule has 2 heterocycles. The van der Waals surface area contributed by atoms with Crippen molar-refractivity contribution in [3.63, 3.8) is 0 Å². The van der Waals surface area contributed by atoms with Gasteiger partial charge in [-0.1, -0.05) is 11.6 Å². The zero-order chi connectivity index (χ0) is 13.4. The molecule has 3 rings (SSSR count). The molecule has 1 aromatic rings. The summed E-state index contributed by atoms with van der Waals surface area (Å²) in [6, 6.07) is 1.94. The van der Waals surface area contributed by atoms with Gasteiger partial charge < -0.3 is 9.64 Å². The molecule has 19 heavy (non-hydrogen) atoms. The summed E-state index contributed by atoms with van der Waals surface area (Å²) < 4.78 is 5.73. The molecule has 102 valence electrons. The SMILES string of the molecule is Cc1cc(Cl)c(C(=O)N2CCOC3CCCC32)cn1. The first-order chi connectivity index (χ1) is 9.16. The summed E-state index contributed by atoms with van der Waals surface area (Å²) in [7, 11) is 0. The summed E-state index contributed by atoms with van der Waals surface area (Å²) in [6.45, 7) is 3.12. The number of rotatable bonds is 1. The van der Waals surface area contributed by atoms with Crippen LogP contribution in [0.5, 0.6) is 0 Å². The molecule has 0 aromatic carbocycles. The second kappa shape index (κ2) is 5.10. The molecule has 2 aliphatic rings. The number of halogens is 1. The van der Waals surface area contributed by atoms with E-state index < -0.39 is 0 Å². The number of carbonyl (C=O) groups excluding carboxylic acids is 1. The normalized spacial score (nSPS) is 26.3. The van der Waals surface area contributed by atoms with Crippen LogP contribution >= 0.6 is 11.6 Å². The molecule has 4 nitrogen and oxygen atoms in total. The van der Waals surface area contributed by atoms with Crippen LogP contribution in [0, 0.1) is 6.92 Å². The third-order valence-electron chi connectivity index (χ3n) is 3.96. The molecule has 5 heteroatoms. The van der Waals surface area contributed by atoms with Gasteiger partial charge in [0, 0.05) is 18.4 Å². The van der Waals surface area contributed by atoms with Gasteiger partial charge >= 0.3 is 0 Å². The average Bonchev–Trinajstić information content (AvgIpc) is 2.86. The molecule has 0 bridgehead atoms. The topological polar surface area (TPSA) is 42.4 Å². The molecular formula is C14H17ClN2O2. The molecule has 2 unspecified atom stereocenters. The number of hydrogen-bond donors (Lipinski definition) is 0. The van der Waals surface area contributed by atoms with E-state index in [-0.39, 0.29) is 18.1 Å². The third kappa shape index (κ3) is 2.35. The predicted molar refractivity (Wildman–Crippen MR) is 72.4 cm³/mol. The number of ether oxygens (including phenoxy) is 1. The fourth-order valence-electron chi connectivity index (χ4n) is 3.02. The van der Waals surface area contributed by atoms with Crippen molar-refractivity contribution in [2.75, 3.05) is 13.2 Å². The highest BCUT2D eigenvalue weighted by Crippen LogP contribution is 2.31. The Bertz CT molecular complexity index is 506. The van der Waals surface area contributed by atoms with Crippen LogP contribution in [0.15, 0.2) is 12.3 Å². The number of fused-ring (bicyclic) bond motifs is 1. The van der Waals surface area contributed by atoms with E-state index in [0.717, 1.165) is 25.0 Å². The molecule has 1 amide bonds. The van der Waals surface area contributed by atoms with E-state index in [1.807, 2.05) is 11.8 Å². The lowest BCUT2D eigenvalue weighted by Crippen LogP contribution is -2.51. The van der Waals surface area contributed by atoms with E-state index in [9.17, 15) is 4.79 Å². The molecule has 1 aromatic heterocycles. The molecule has 1 saturated heterocycles. The van der Waals surface area contributed by atoms with Crippen LogP contribution in [0.3, 0.4) is 0 Å². The molecule has 2 atom stereocenters. The fourth-order valence-corrected chi connectivity index (χ4v) is 3.30. The highest BCUT2D eigenvalue weighted by molar-refractivity contribution is 6.33. The van der Waals surface area contributed by atoms with Gasteiger partial charge in [-0.05, 0) is 32.3 Å². The van der Waals surface area contributed by atoms with E-state index in [1.165, 1.54) is 0 Å². The van der Waals surface area contributed by atoms with E-state index in [0.29, 0.717) is 23.7 Å². The molecule has 0 N–H and O–H groups in total. The van der Waals surface area contributed by atoms with Gasteiger partial charge in [0.1, 0.15) is 0 Å². The maximum Gasteiger partial charge on any atom is 0.257 e. The highest BCUT2D eigenvalue weighted by Gasteiger charge is 2.39. The van der Waals surface area contributed by atoms with Crippen molar-refractivity contribution in [3.8, 4) is 0 Å². The minimum atomic E-state index is -0.0160. The predicted octanol–water partition coefficient (Wildman–Crippen LogP) is 2.44. The number of aryl methyl sites for hydroxylation is 1. The van der Waals surface area contributed by atoms with Crippen molar-refractivity contribution in [2.45, 2.75) is 38.3 Å². The van der Waals surface area contributed by atoms with Crippen LogP contribution in [-0.4, -0.2) is 41.1 Å². The largest absolute Gasteiger partial charge is 0.374 e. The average molecular weight is 281 g/mol. The minimum Gasteiger partial charge on any atom is -0.374 e. The maximum atomic E-state index is 12.6. The number of aromatic nitrogens is 1. The summed E-state index contributed by atoms with van der Waals surface area (Å²) in [5.41, 5.74) is 1.32. The lowest BCUT2D eigenvalue weighted by molar-refractivity contribution is -0.0445. The van der Waals surface area contributed by atoms with Crippen molar-refractivity contribution in [2.24, 2.45) is 0 Å². The van der Waals surface area contributed by atoms with Crippen molar-refractivity contribution in [3.05, 3.63) is 28.5 Å². The number of amides is 1. The van der Waals surface area contributed by atoms with Crippen molar-refractivity contribution in [1.82, 2.24) is 9.88 Å². The summed E-state index contributed by atoms with van der Waals surface area (Å²) in [6.07, 6.45) is 4.98. The smallest absolute Gasteiger partial charge is 0.257 e. The van der Waals surface area contributed by atoms with Crippen LogP contribution in [0.4, 0.5) is 0 Å². The standard InChI is InChI=1S/C14H17ClN2O2/c1-9-7-11(15)10(8-16-9)14(18)17-5-6-19-13-4-2-3-12(13)17/h7-8,12-13H,2-6H2,1H3. The first-order valence-electron chi connectivity index (χ1n) is 6.71. The molecule has 1 saturated carbocycles. The van der Waals surface area contributed by atoms with Crippen LogP contribution in [0.2, 0.25) is 5.02 Å². The second-order valence-electron chi connectivity index (χ2n) is 5.21. The zero-order valence-corrected chi connectivity index (χ0v) is 11.7. The van der Waals surface area contributed by atoms with Gasteiger partial charge in [-0.25, -0.2) is 0 Å². The monoisotopic (exact) mass is 280 g/mol. The van der Waals surface area contributed by atoms with E-state index in [1.54, 1.807) is 12.3 Å². The molecule has 1 aliphatic carbocycles. The number of nitrogens with zero attached hydrogens (tertiary/aromatic N) is 2. The van der Waals surface area contributed by atoms with Gasteiger partial charge in [-0.3, -0.25) is 9.78 Å². The summed E-state index contributed by atoms with van der Waals surface area (Å²) in [5.74, 6) is -0.0160. The van der Waals surface area contributed by atoms with E-state index in [4.69, 9.17) is 16.3 Å². The number of morpholine rings is 1. The molecule has 0 radical (unpaired) electrons. The van der Waals surface area contributed by atoms with Crippen molar-refractivity contribution in [1.29, 1.82) is 0 Å². The lowest BCUT2D eigenvalue weighted by atomic mass is 10.1. The Hall–Kier alpha value is -1.13. The Labute approximate surface area is 117 Å². The molecule has 2 fully saturated rings. The maximum absolute atomic E-state index is 12.6. The quantitative estimate of drug-likeness (QED) is 0.793. The second-order valence-corrected chi connectivity index (χ2v) is 5.62. The fraction of sp³-hybridized carbons (Fsp3) is 0.571. The first-order valence-corrected chi connectivity index (χ1v) is 7.09. The molecule has 0 spiro atoms. The van der Waals surface area contributed by atoms with E-state index >= 15 is 0 Å². The molecule has 1 aliphatic heterocycles. The number of pyridine rings is 1. The Balaban J connectivity index is 1.86. The van der Waals surface area contributed by atoms with Crippen molar-refractivity contribution < 1.29 is 9.53 Å².